The van der Waals surface area contributed by atoms with Crippen LogP contribution in [0, 0.1) is 4.77 Å². The second kappa shape index (κ2) is 10.0. The summed E-state index contributed by atoms with van der Waals surface area (Å²) in [5.41, 5.74) is 2.69. The average Bonchev–Trinajstić information content (AvgIpc) is 2.97. The zero-order valence-corrected chi connectivity index (χ0v) is 18.5. The zero-order chi connectivity index (χ0) is 20.8. The number of rotatable bonds is 8. The summed E-state index contributed by atoms with van der Waals surface area (Å²) < 4.78 is 9.26. The fourth-order valence-corrected chi connectivity index (χ4v) is 4.08. The number of nitrogens with zero attached hydrogens (tertiary/aromatic N) is 4. The molecule has 1 fully saturated rings. The fraction of sp³-hybridized carbons (Fsp3) is 0.571. The summed E-state index contributed by atoms with van der Waals surface area (Å²) in [6, 6.07) is 8.69. The first-order valence-corrected chi connectivity index (χ1v) is 10.8. The molecule has 1 atom stereocenters. The smallest absolute Gasteiger partial charge is 0.313 e. The standard InChI is InChI=1S/C21H31N5O2S/c1-4-28-20(27)14-19-22-26(21(29)24(19)3)16-23(2)15-17-10-6-7-11-18(17)25-12-8-5-9-13-25/h6-7,10-11H,4-5,8-9,12-16H2,1-3H3/p+1. The van der Waals surface area contributed by atoms with Gasteiger partial charge in [-0.05, 0) is 44.5 Å². The van der Waals surface area contributed by atoms with Gasteiger partial charge < -0.3 is 19.1 Å². The van der Waals surface area contributed by atoms with Gasteiger partial charge in [0.05, 0.1) is 13.7 Å². The van der Waals surface area contributed by atoms with E-state index in [-0.39, 0.29) is 12.4 Å². The van der Waals surface area contributed by atoms with E-state index in [2.05, 4.69) is 41.3 Å². The van der Waals surface area contributed by atoms with Crippen LogP contribution in [0.2, 0.25) is 0 Å². The monoisotopic (exact) mass is 418 g/mol. The number of para-hydroxylation sites is 1. The number of carbonyl (C=O) groups is 1. The number of anilines is 1. The number of carbonyl (C=O) groups excluding carboxylic acids is 1. The number of piperidine rings is 1. The highest BCUT2D eigenvalue weighted by Crippen LogP contribution is 2.23. The lowest BCUT2D eigenvalue weighted by atomic mass is 10.1. The van der Waals surface area contributed by atoms with E-state index in [1.165, 1.54) is 35.4 Å². The molecule has 1 aliphatic heterocycles. The molecule has 1 unspecified atom stereocenters. The van der Waals surface area contributed by atoms with Gasteiger partial charge in [0.25, 0.3) is 0 Å². The highest BCUT2D eigenvalue weighted by atomic mass is 32.1. The van der Waals surface area contributed by atoms with Gasteiger partial charge in [-0.3, -0.25) is 4.79 Å². The number of aromatic nitrogens is 3. The number of nitrogens with one attached hydrogen (secondary N) is 1. The molecule has 0 radical (unpaired) electrons. The molecule has 0 aliphatic carbocycles. The third-order valence-electron chi connectivity index (χ3n) is 5.34. The number of hydrogen-bond donors (Lipinski definition) is 1. The summed E-state index contributed by atoms with van der Waals surface area (Å²) in [6.07, 6.45) is 4.00. The molecule has 0 spiro atoms. The molecule has 3 rings (SSSR count). The van der Waals surface area contributed by atoms with Crippen molar-refractivity contribution in [2.45, 2.75) is 45.8 Å². The Labute approximate surface area is 177 Å². The minimum atomic E-state index is -0.279. The molecule has 2 heterocycles. The van der Waals surface area contributed by atoms with E-state index in [0.717, 1.165) is 19.6 Å². The Morgan fingerprint density at radius 3 is 2.69 bits per heavy atom. The van der Waals surface area contributed by atoms with Crippen molar-refractivity contribution in [3.8, 4) is 0 Å². The molecule has 1 saturated heterocycles. The molecule has 0 saturated carbocycles. The Morgan fingerprint density at radius 1 is 1.24 bits per heavy atom. The Morgan fingerprint density at radius 2 is 1.97 bits per heavy atom. The molecule has 1 aliphatic rings. The minimum absolute atomic E-state index is 0.137. The zero-order valence-electron chi connectivity index (χ0n) is 17.7. The maximum Gasteiger partial charge on any atom is 0.313 e. The Hall–Kier alpha value is -2.19. The Kier molecular flexibility index (Phi) is 7.44. The lowest BCUT2D eigenvalue weighted by molar-refractivity contribution is -0.917. The Balaban J connectivity index is 1.69. The van der Waals surface area contributed by atoms with Crippen LogP contribution in [0.25, 0.3) is 0 Å². The largest absolute Gasteiger partial charge is 0.466 e. The summed E-state index contributed by atoms with van der Waals surface area (Å²) in [6.45, 7) is 5.97. The van der Waals surface area contributed by atoms with Gasteiger partial charge in [0.1, 0.15) is 18.8 Å². The quantitative estimate of drug-likeness (QED) is 0.523. The van der Waals surface area contributed by atoms with Crippen molar-refractivity contribution in [1.82, 2.24) is 14.3 Å². The van der Waals surface area contributed by atoms with E-state index in [1.807, 2.05) is 11.7 Å². The molecule has 1 N–H and O–H groups in total. The average molecular weight is 419 g/mol. The van der Waals surface area contributed by atoms with E-state index in [4.69, 9.17) is 17.0 Å². The molecule has 8 heteroatoms. The van der Waals surface area contributed by atoms with Crippen LogP contribution in [0.3, 0.4) is 0 Å². The lowest BCUT2D eigenvalue weighted by Gasteiger charge is -2.31. The van der Waals surface area contributed by atoms with Gasteiger partial charge in [-0.25, -0.2) is 0 Å². The van der Waals surface area contributed by atoms with Crippen molar-refractivity contribution in [2.75, 3.05) is 31.6 Å². The molecule has 1 aromatic heterocycles. The van der Waals surface area contributed by atoms with Crippen LogP contribution in [0.1, 0.15) is 37.6 Å². The summed E-state index contributed by atoms with van der Waals surface area (Å²) in [5, 5.41) is 4.57. The third-order valence-corrected chi connectivity index (χ3v) is 5.82. The fourth-order valence-electron chi connectivity index (χ4n) is 3.87. The summed E-state index contributed by atoms with van der Waals surface area (Å²) in [5.74, 6) is 0.355. The van der Waals surface area contributed by atoms with Crippen molar-refractivity contribution in [1.29, 1.82) is 0 Å². The van der Waals surface area contributed by atoms with Crippen molar-refractivity contribution >= 4 is 23.9 Å². The molecular weight excluding hydrogens is 386 g/mol. The summed E-state index contributed by atoms with van der Waals surface area (Å²) >= 11 is 5.53. The number of hydrogen-bond acceptors (Lipinski definition) is 5. The van der Waals surface area contributed by atoms with E-state index >= 15 is 0 Å². The van der Waals surface area contributed by atoms with Crippen molar-refractivity contribution in [3.05, 3.63) is 40.4 Å². The maximum absolute atomic E-state index is 11.8. The van der Waals surface area contributed by atoms with Crippen LogP contribution >= 0.6 is 12.2 Å². The van der Waals surface area contributed by atoms with Crippen LogP contribution < -0.4 is 9.80 Å². The van der Waals surface area contributed by atoms with Gasteiger partial charge in [-0.15, -0.1) is 0 Å². The predicted octanol–water partition coefficient (Wildman–Crippen LogP) is 1.72. The number of ether oxygens (including phenoxy) is 1. The normalized spacial score (nSPS) is 15.3. The van der Waals surface area contributed by atoms with Crippen LogP contribution in [-0.2, 0) is 36.2 Å². The topological polar surface area (TPSA) is 56.7 Å². The first-order chi connectivity index (χ1) is 14.0. The van der Waals surface area contributed by atoms with E-state index < -0.39 is 0 Å². The molecule has 0 bridgehead atoms. The highest BCUT2D eigenvalue weighted by Gasteiger charge is 2.18. The molecular formula is C21H32N5O2S+. The van der Waals surface area contributed by atoms with Crippen molar-refractivity contribution < 1.29 is 14.4 Å². The van der Waals surface area contributed by atoms with Gasteiger partial charge in [0, 0.05) is 31.4 Å². The predicted molar refractivity (Wildman–Crippen MR) is 115 cm³/mol. The minimum Gasteiger partial charge on any atom is -0.466 e. The maximum atomic E-state index is 11.8. The van der Waals surface area contributed by atoms with Crippen LogP contribution in [0.4, 0.5) is 5.69 Å². The number of quaternary nitrogens is 1. The second-order valence-corrected chi connectivity index (χ2v) is 8.07. The highest BCUT2D eigenvalue weighted by molar-refractivity contribution is 7.71. The number of esters is 1. The second-order valence-electron chi connectivity index (χ2n) is 7.71. The van der Waals surface area contributed by atoms with Gasteiger partial charge in [0.15, 0.2) is 6.67 Å². The molecule has 1 aromatic carbocycles. The van der Waals surface area contributed by atoms with E-state index in [1.54, 1.807) is 11.5 Å². The first kappa shape index (κ1) is 21.5. The van der Waals surface area contributed by atoms with E-state index in [9.17, 15) is 4.79 Å². The van der Waals surface area contributed by atoms with Gasteiger partial charge in [-0.1, -0.05) is 18.2 Å². The third kappa shape index (κ3) is 5.45. The van der Waals surface area contributed by atoms with E-state index in [0.29, 0.717) is 23.9 Å². The SMILES string of the molecule is CCOC(=O)Cc1nn(C[NH+](C)Cc2ccccc2N2CCCCC2)c(=S)n1C. The molecule has 7 nitrogen and oxygen atoms in total. The molecule has 158 valence electrons. The first-order valence-electron chi connectivity index (χ1n) is 10.4. The van der Waals surface area contributed by atoms with Crippen molar-refractivity contribution in [3.63, 3.8) is 0 Å². The Bertz CT molecular complexity index is 885. The van der Waals surface area contributed by atoms with Gasteiger partial charge in [-0.2, -0.15) is 9.78 Å². The van der Waals surface area contributed by atoms with Crippen molar-refractivity contribution in [2.24, 2.45) is 7.05 Å². The van der Waals surface area contributed by atoms with Crippen LogP contribution in [-0.4, -0.2) is 47.1 Å². The van der Waals surface area contributed by atoms with Gasteiger partial charge in [0.2, 0.25) is 4.77 Å². The summed E-state index contributed by atoms with van der Waals surface area (Å²) in [7, 11) is 4.00. The molecule has 2 aromatic rings. The molecule has 0 amide bonds. The summed E-state index contributed by atoms with van der Waals surface area (Å²) in [4.78, 5) is 15.6. The number of benzene rings is 1. The van der Waals surface area contributed by atoms with Gasteiger partial charge >= 0.3 is 5.97 Å². The van der Waals surface area contributed by atoms with Crippen LogP contribution in [0.5, 0.6) is 0 Å². The molecule has 29 heavy (non-hydrogen) atoms. The lowest BCUT2D eigenvalue weighted by Crippen LogP contribution is -3.07. The van der Waals surface area contributed by atoms with Crippen LogP contribution in [0.15, 0.2) is 24.3 Å².